The molecule has 1 fully saturated rings. The highest BCUT2D eigenvalue weighted by Gasteiger charge is 2.32. The van der Waals surface area contributed by atoms with Crippen molar-refractivity contribution in [2.45, 2.75) is 63.8 Å². The highest BCUT2D eigenvalue weighted by Crippen LogP contribution is 2.34. The number of halogens is 1. The number of rotatable bonds is 8. The van der Waals surface area contributed by atoms with Crippen molar-refractivity contribution < 1.29 is 13.9 Å². The Morgan fingerprint density at radius 1 is 1.44 bits per heavy atom. The highest BCUT2D eigenvalue weighted by molar-refractivity contribution is 5.84. The van der Waals surface area contributed by atoms with Gasteiger partial charge in [0.1, 0.15) is 18.9 Å². The van der Waals surface area contributed by atoms with E-state index in [1.807, 2.05) is 18.4 Å². The van der Waals surface area contributed by atoms with Gasteiger partial charge >= 0.3 is 0 Å². The molecule has 0 aromatic heterocycles. The van der Waals surface area contributed by atoms with Gasteiger partial charge in [-0.15, -0.1) is 0 Å². The largest absolute Gasteiger partial charge is 0.490 e. The number of nitrogens with one attached hydrogen (secondary N) is 1. The van der Waals surface area contributed by atoms with Crippen molar-refractivity contribution in [2.24, 2.45) is 16.6 Å². The van der Waals surface area contributed by atoms with Gasteiger partial charge in [0.15, 0.2) is 0 Å². The molecule has 3 aliphatic rings. The Kier molecular flexibility index (Phi) is 7.47. The predicted molar refractivity (Wildman–Crippen MR) is 106 cm³/mol. The molecular weight excluding hydrogens is 345 g/mol. The quantitative estimate of drug-likeness (QED) is 0.636. The van der Waals surface area contributed by atoms with E-state index in [2.05, 4.69) is 23.3 Å². The van der Waals surface area contributed by atoms with Crippen molar-refractivity contribution in [3.05, 3.63) is 35.3 Å². The van der Waals surface area contributed by atoms with Gasteiger partial charge in [-0.1, -0.05) is 19.4 Å². The molecule has 0 amide bonds. The van der Waals surface area contributed by atoms with Crippen LogP contribution in [0.1, 0.15) is 45.4 Å². The smallest absolute Gasteiger partial charge is 0.150 e. The fraction of sp³-hybridized carbons (Fsp3) is 0.667. The molecule has 1 aliphatic carbocycles. The maximum absolute atomic E-state index is 13.3. The summed E-state index contributed by atoms with van der Waals surface area (Å²) in [5, 5.41) is 3.67. The molecular formula is C21H32FN3O2. The number of nitrogens with zero attached hydrogens (tertiary/aromatic N) is 1. The van der Waals surface area contributed by atoms with Crippen LogP contribution in [0.4, 0.5) is 4.39 Å². The van der Waals surface area contributed by atoms with E-state index in [0.29, 0.717) is 25.2 Å². The number of hydrogen-bond acceptors (Lipinski definition) is 5. The summed E-state index contributed by atoms with van der Waals surface area (Å²) >= 11 is 0. The Balaban J connectivity index is 1.54. The molecule has 4 atom stereocenters. The van der Waals surface area contributed by atoms with Crippen molar-refractivity contribution in [3.8, 4) is 0 Å². The van der Waals surface area contributed by atoms with Crippen LogP contribution >= 0.6 is 0 Å². The minimum Gasteiger partial charge on any atom is -0.490 e. The van der Waals surface area contributed by atoms with Crippen LogP contribution in [0.15, 0.2) is 40.2 Å². The van der Waals surface area contributed by atoms with E-state index in [-0.39, 0.29) is 6.17 Å². The third-order valence-corrected chi connectivity index (χ3v) is 5.41. The summed E-state index contributed by atoms with van der Waals surface area (Å²) in [5.41, 5.74) is 8.10. The number of aliphatic imine (C=N–C) groups is 1. The lowest BCUT2D eigenvalue weighted by atomic mass is 9.80. The van der Waals surface area contributed by atoms with Gasteiger partial charge in [-0.3, -0.25) is 4.99 Å². The van der Waals surface area contributed by atoms with Gasteiger partial charge in [0.25, 0.3) is 0 Å². The minimum absolute atomic E-state index is 0.236. The maximum Gasteiger partial charge on any atom is 0.150 e. The Hall–Kier alpha value is -1.66. The number of fused-ring (bicyclic) bond motifs is 1. The van der Waals surface area contributed by atoms with E-state index in [1.165, 1.54) is 5.70 Å². The molecule has 1 saturated heterocycles. The third kappa shape index (κ3) is 5.66. The Bertz CT molecular complexity index is 599. The SMILES string of the molecule is CCCCOCC(CF)OC1=CC[C@H]2CCC(=C3C=CC(N)N=C3)N[C@H]2C1. The molecule has 0 spiro atoms. The number of dihydropyridines is 1. The predicted octanol–water partition coefficient (Wildman–Crippen LogP) is 3.38. The summed E-state index contributed by atoms with van der Waals surface area (Å²) in [4.78, 5) is 4.27. The molecule has 27 heavy (non-hydrogen) atoms. The average molecular weight is 378 g/mol. The van der Waals surface area contributed by atoms with Crippen molar-refractivity contribution in [2.75, 3.05) is 19.9 Å². The van der Waals surface area contributed by atoms with Crippen molar-refractivity contribution in [3.63, 3.8) is 0 Å². The summed E-state index contributed by atoms with van der Waals surface area (Å²) in [6, 6.07) is 0.319. The topological polar surface area (TPSA) is 68.9 Å². The Morgan fingerprint density at radius 2 is 2.33 bits per heavy atom. The number of ether oxygens (including phenoxy) is 2. The van der Waals surface area contributed by atoms with Gasteiger partial charge in [0.05, 0.1) is 12.4 Å². The van der Waals surface area contributed by atoms with Crippen LogP contribution in [0.25, 0.3) is 0 Å². The van der Waals surface area contributed by atoms with Gasteiger partial charge in [0, 0.05) is 36.6 Å². The molecule has 5 nitrogen and oxygen atoms in total. The van der Waals surface area contributed by atoms with E-state index >= 15 is 0 Å². The van der Waals surface area contributed by atoms with E-state index in [9.17, 15) is 4.39 Å². The Labute approximate surface area is 161 Å². The van der Waals surface area contributed by atoms with E-state index in [4.69, 9.17) is 15.2 Å². The number of nitrogens with two attached hydrogens (primary N) is 1. The first kappa shape index (κ1) is 20.1. The van der Waals surface area contributed by atoms with Gasteiger partial charge in [-0.2, -0.15) is 0 Å². The first-order chi connectivity index (χ1) is 13.2. The molecule has 2 aliphatic heterocycles. The molecule has 3 N–H and O–H groups in total. The monoisotopic (exact) mass is 377 g/mol. The summed E-state index contributed by atoms with van der Waals surface area (Å²) in [5.74, 6) is 1.48. The molecule has 0 radical (unpaired) electrons. The molecule has 0 aromatic carbocycles. The molecule has 3 rings (SSSR count). The lowest BCUT2D eigenvalue weighted by Crippen LogP contribution is -2.43. The fourth-order valence-electron chi connectivity index (χ4n) is 3.78. The lowest BCUT2D eigenvalue weighted by Gasteiger charge is -2.38. The Morgan fingerprint density at radius 3 is 3.07 bits per heavy atom. The first-order valence-electron chi connectivity index (χ1n) is 10.2. The zero-order valence-electron chi connectivity index (χ0n) is 16.2. The molecule has 2 heterocycles. The number of hydrogen-bond donors (Lipinski definition) is 2. The second-order valence-corrected chi connectivity index (χ2v) is 7.54. The third-order valence-electron chi connectivity index (χ3n) is 5.41. The van der Waals surface area contributed by atoms with Crippen LogP contribution in [0.2, 0.25) is 0 Å². The van der Waals surface area contributed by atoms with Gasteiger partial charge < -0.3 is 20.5 Å². The second kappa shape index (κ2) is 10.0. The summed E-state index contributed by atoms with van der Waals surface area (Å²) < 4.78 is 24.7. The van der Waals surface area contributed by atoms with Crippen LogP contribution < -0.4 is 11.1 Å². The molecule has 2 unspecified atom stereocenters. The van der Waals surface area contributed by atoms with Crippen molar-refractivity contribution in [1.29, 1.82) is 0 Å². The minimum atomic E-state index is -0.526. The van der Waals surface area contributed by atoms with Gasteiger partial charge in [0.2, 0.25) is 0 Å². The first-order valence-corrected chi connectivity index (χ1v) is 10.2. The number of alkyl halides is 1. The molecule has 0 saturated carbocycles. The van der Waals surface area contributed by atoms with Crippen LogP contribution in [0, 0.1) is 5.92 Å². The maximum atomic E-state index is 13.3. The van der Waals surface area contributed by atoms with E-state index in [1.54, 1.807) is 0 Å². The van der Waals surface area contributed by atoms with Crippen molar-refractivity contribution in [1.82, 2.24) is 5.32 Å². The fourth-order valence-corrected chi connectivity index (χ4v) is 3.78. The average Bonchev–Trinajstić information content (AvgIpc) is 2.70. The van der Waals surface area contributed by atoms with Gasteiger partial charge in [-0.25, -0.2) is 4.39 Å². The summed E-state index contributed by atoms with van der Waals surface area (Å²) in [7, 11) is 0. The zero-order chi connectivity index (χ0) is 19.1. The standard InChI is InChI=1S/C21H32FN3O2/c1-2-3-10-26-14-18(12-22)27-17-7-4-15-5-8-19(25-20(15)11-17)16-6-9-21(23)24-13-16/h6-7,9,13,15,18,20-21,25H,2-5,8,10-12,14,23H2,1H3/t15-,18?,20-,21?/m0/s1. The summed E-state index contributed by atoms with van der Waals surface area (Å²) in [6.45, 7) is 2.56. The number of unbranched alkanes of at least 4 members (excludes halogenated alkanes) is 1. The van der Waals surface area contributed by atoms with Crippen LogP contribution in [-0.4, -0.2) is 44.4 Å². The molecule has 0 aromatic rings. The zero-order valence-corrected chi connectivity index (χ0v) is 16.2. The molecule has 150 valence electrons. The number of piperidine rings is 1. The van der Waals surface area contributed by atoms with Crippen LogP contribution in [0.5, 0.6) is 0 Å². The van der Waals surface area contributed by atoms with E-state index in [0.717, 1.165) is 49.9 Å². The highest BCUT2D eigenvalue weighted by atomic mass is 19.1. The molecule has 0 bridgehead atoms. The van der Waals surface area contributed by atoms with E-state index < -0.39 is 12.8 Å². The molecule has 6 heteroatoms. The van der Waals surface area contributed by atoms with Crippen LogP contribution in [0.3, 0.4) is 0 Å². The van der Waals surface area contributed by atoms with Gasteiger partial charge in [-0.05, 0) is 43.8 Å². The lowest BCUT2D eigenvalue weighted by molar-refractivity contribution is -0.00401. The second-order valence-electron chi connectivity index (χ2n) is 7.54. The van der Waals surface area contributed by atoms with Crippen molar-refractivity contribution >= 4 is 6.21 Å². The normalized spacial score (nSPS) is 31.1. The number of allylic oxidation sites excluding steroid dienone is 4. The summed E-state index contributed by atoms with van der Waals surface area (Å²) in [6.07, 6.45) is 13.2. The van der Waals surface area contributed by atoms with Crippen LogP contribution in [-0.2, 0) is 9.47 Å².